The number of rotatable bonds is 2. The highest BCUT2D eigenvalue weighted by Gasteiger charge is 2.22. The first-order valence-electron chi connectivity index (χ1n) is 6.57. The van der Waals surface area contributed by atoms with Crippen molar-refractivity contribution >= 4 is 21.6 Å². The van der Waals surface area contributed by atoms with Crippen molar-refractivity contribution < 1.29 is 0 Å². The third-order valence-electron chi connectivity index (χ3n) is 3.75. The van der Waals surface area contributed by atoms with Gasteiger partial charge in [-0.25, -0.2) is 4.98 Å². The van der Waals surface area contributed by atoms with Gasteiger partial charge in [-0.05, 0) is 30.7 Å². The molecule has 1 aliphatic carbocycles. The lowest BCUT2D eigenvalue weighted by Crippen LogP contribution is -2.21. The van der Waals surface area contributed by atoms with Crippen molar-refractivity contribution in [3.05, 3.63) is 27.1 Å². The van der Waals surface area contributed by atoms with Crippen LogP contribution in [0.5, 0.6) is 0 Å². The minimum absolute atomic E-state index is 0.0207. The first-order valence-corrected chi connectivity index (χ1v) is 7.39. The van der Waals surface area contributed by atoms with E-state index in [4.69, 9.17) is 5.26 Å². The van der Waals surface area contributed by atoms with Crippen LogP contribution in [0, 0.1) is 17.2 Å². The summed E-state index contributed by atoms with van der Waals surface area (Å²) in [6.45, 7) is 2.69. The lowest BCUT2D eigenvalue weighted by Gasteiger charge is -2.17. The summed E-state index contributed by atoms with van der Waals surface area (Å²) in [4.78, 5) is 19.1. The summed E-state index contributed by atoms with van der Waals surface area (Å²) in [5, 5.41) is 9.43. The van der Waals surface area contributed by atoms with E-state index in [1.54, 1.807) is 22.2 Å². The van der Waals surface area contributed by atoms with Gasteiger partial charge in [0.2, 0.25) is 0 Å². The van der Waals surface area contributed by atoms with Gasteiger partial charge >= 0.3 is 0 Å². The predicted molar refractivity (Wildman–Crippen MR) is 75.3 cm³/mol. The zero-order valence-corrected chi connectivity index (χ0v) is 11.7. The average molecular weight is 273 g/mol. The molecule has 0 aliphatic heterocycles. The largest absolute Gasteiger partial charge is 0.298 e. The second-order valence-corrected chi connectivity index (χ2v) is 6.27. The molecule has 0 fully saturated rings. The van der Waals surface area contributed by atoms with E-state index in [0.717, 1.165) is 29.5 Å². The number of aryl methyl sites for hydroxylation is 2. The number of nitrogens with zero attached hydrogens (tertiary/aromatic N) is 3. The summed E-state index contributed by atoms with van der Waals surface area (Å²) in [5.41, 5.74) is 1.23. The fourth-order valence-corrected chi connectivity index (χ4v) is 4.04. The predicted octanol–water partition coefficient (Wildman–Crippen LogP) is 2.50. The van der Waals surface area contributed by atoms with Crippen molar-refractivity contribution in [3.63, 3.8) is 0 Å². The van der Waals surface area contributed by atoms with Crippen LogP contribution >= 0.6 is 11.3 Å². The van der Waals surface area contributed by atoms with E-state index in [1.807, 2.05) is 0 Å². The Labute approximate surface area is 115 Å². The second-order valence-electron chi connectivity index (χ2n) is 5.18. The standard InChI is InChI=1S/C14H15N3OS/c1-9-3-4-10-11(7-9)19-13-12(10)14(18)17(8-16-13)6-2-5-15/h8-9H,2-4,6-7H2,1H3. The summed E-state index contributed by atoms with van der Waals surface area (Å²) >= 11 is 1.66. The van der Waals surface area contributed by atoms with Gasteiger partial charge < -0.3 is 0 Å². The van der Waals surface area contributed by atoms with E-state index in [2.05, 4.69) is 18.0 Å². The van der Waals surface area contributed by atoms with Crippen molar-refractivity contribution in [2.45, 2.75) is 39.2 Å². The molecule has 0 spiro atoms. The van der Waals surface area contributed by atoms with Crippen LogP contribution in [-0.4, -0.2) is 9.55 Å². The number of aromatic nitrogens is 2. The number of thiophene rings is 1. The maximum absolute atomic E-state index is 12.5. The molecule has 1 aliphatic rings. The van der Waals surface area contributed by atoms with Gasteiger partial charge in [-0.3, -0.25) is 9.36 Å². The minimum atomic E-state index is 0.0207. The lowest BCUT2D eigenvalue weighted by molar-refractivity contribution is 0.509. The summed E-state index contributed by atoms with van der Waals surface area (Å²) in [7, 11) is 0. The van der Waals surface area contributed by atoms with Crippen LogP contribution in [-0.2, 0) is 19.4 Å². The molecule has 2 heterocycles. The first-order chi connectivity index (χ1) is 9.20. The zero-order valence-electron chi connectivity index (χ0n) is 10.8. The van der Waals surface area contributed by atoms with Crippen molar-refractivity contribution in [1.82, 2.24) is 9.55 Å². The maximum Gasteiger partial charge on any atom is 0.262 e. The molecule has 1 atom stereocenters. The van der Waals surface area contributed by atoms with E-state index in [0.29, 0.717) is 18.9 Å². The molecule has 0 bridgehead atoms. The summed E-state index contributed by atoms with van der Waals surface area (Å²) in [6, 6.07) is 2.07. The highest BCUT2D eigenvalue weighted by Crippen LogP contribution is 2.35. The van der Waals surface area contributed by atoms with Gasteiger partial charge in [0.15, 0.2) is 0 Å². The van der Waals surface area contributed by atoms with Crippen LogP contribution in [0.2, 0.25) is 0 Å². The van der Waals surface area contributed by atoms with E-state index in [1.165, 1.54) is 10.4 Å². The maximum atomic E-state index is 12.5. The molecule has 3 rings (SSSR count). The molecule has 4 nitrogen and oxygen atoms in total. The van der Waals surface area contributed by atoms with Gasteiger partial charge in [-0.15, -0.1) is 11.3 Å². The van der Waals surface area contributed by atoms with Gasteiger partial charge in [0.1, 0.15) is 4.83 Å². The molecule has 98 valence electrons. The van der Waals surface area contributed by atoms with Gasteiger partial charge in [-0.2, -0.15) is 5.26 Å². The molecule has 0 amide bonds. The van der Waals surface area contributed by atoms with Crippen LogP contribution in [0.3, 0.4) is 0 Å². The van der Waals surface area contributed by atoms with E-state index < -0.39 is 0 Å². The van der Waals surface area contributed by atoms with Crippen LogP contribution in [0.1, 0.15) is 30.2 Å². The Bertz CT molecular complexity index is 723. The molecule has 2 aromatic heterocycles. The van der Waals surface area contributed by atoms with Crippen molar-refractivity contribution in [1.29, 1.82) is 5.26 Å². The molecule has 0 saturated carbocycles. The highest BCUT2D eigenvalue weighted by atomic mass is 32.1. The van der Waals surface area contributed by atoms with E-state index in [9.17, 15) is 4.79 Å². The van der Waals surface area contributed by atoms with Crippen LogP contribution in [0.15, 0.2) is 11.1 Å². The Kier molecular flexibility index (Phi) is 3.11. The molecule has 0 aromatic carbocycles. The molecule has 19 heavy (non-hydrogen) atoms. The SMILES string of the molecule is CC1CCc2c(sc3ncn(CCC#N)c(=O)c23)C1. The molecule has 0 radical (unpaired) electrons. The Balaban J connectivity index is 2.15. The first kappa shape index (κ1) is 12.4. The molecular weight excluding hydrogens is 258 g/mol. The average Bonchev–Trinajstić information content (AvgIpc) is 2.76. The van der Waals surface area contributed by atoms with Gasteiger partial charge in [0.05, 0.1) is 24.2 Å². The number of hydrogen-bond donors (Lipinski definition) is 0. The number of hydrogen-bond acceptors (Lipinski definition) is 4. The fraction of sp³-hybridized carbons (Fsp3) is 0.500. The smallest absolute Gasteiger partial charge is 0.262 e. The Morgan fingerprint density at radius 3 is 3.26 bits per heavy atom. The van der Waals surface area contributed by atoms with Gasteiger partial charge in [-0.1, -0.05) is 6.92 Å². The Morgan fingerprint density at radius 2 is 2.47 bits per heavy atom. The van der Waals surface area contributed by atoms with Crippen LogP contribution in [0.4, 0.5) is 0 Å². The topological polar surface area (TPSA) is 58.7 Å². The van der Waals surface area contributed by atoms with Gasteiger partial charge in [0.25, 0.3) is 5.56 Å². The molecular formula is C14H15N3OS. The zero-order chi connectivity index (χ0) is 13.4. The van der Waals surface area contributed by atoms with Crippen LogP contribution < -0.4 is 5.56 Å². The monoisotopic (exact) mass is 273 g/mol. The minimum Gasteiger partial charge on any atom is -0.298 e. The lowest BCUT2D eigenvalue weighted by atomic mass is 9.89. The third kappa shape index (κ3) is 2.06. The Hall–Kier alpha value is -1.67. The fourth-order valence-electron chi connectivity index (χ4n) is 2.70. The molecule has 2 aromatic rings. The number of fused-ring (bicyclic) bond motifs is 3. The summed E-state index contributed by atoms with van der Waals surface area (Å²) in [6.07, 6.45) is 5.11. The third-order valence-corrected chi connectivity index (χ3v) is 4.91. The van der Waals surface area contributed by atoms with Crippen molar-refractivity contribution in [2.75, 3.05) is 0 Å². The van der Waals surface area contributed by atoms with Gasteiger partial charge in [0, 0.05) is 11.4 Å². The molecule has 1 unspecified atom stereocenters. The molecule has 0 N–H and O–H groups in total. The van der Waals surface area contributed by atoms with E-state index in [-0.39, 0.29) is 5.56 Å². The highest BCUT2D eigenvalue weighted by molar-refractivity contribution is 7.18. The van der Waals surface area contributed by atoms with Crippen molar-refractivity contribution in [2.24, 2.45) is 5.92 Å². The normalized spacial score (nSPS) is 18.2. The second kappa shape index (κ2) is 4.78. The van der Waals surface area contributed by atoms with Crippen LogP contribution in [0.25, 0.3) is 10.2 Å². The number of nitriles is 1. The summed E-state index contributed by atoms with van der Waals surface area (Å²) in [5.74, 6) is 0.696. The van der Waals surface area contributed by atoms with E-state index >= 15 is 0 Å². The summed E-state index contributed by atoms with van der Waals surface area (Å²) < 4.78 is 1.57. The molecule has 5 heteroatoms. The quantitative estimate of drug-likeness (QED) is 0.844. The Morgan fingerprint density at radius 1 is 1.63 bits per heavy atom. The van der Waals surface area contributed by atoms with Crippen molar-refractivity contribution in [3.8, 4) is 6.07 Å². The molecule has 0 saturated heterocycles.